The van der Waals surface area contributed by atoms with Gasteiger partial charge in [-0.2, -0.15) is 0 Å². The molecule has 1 saturated heterocycles. The lowest BCUT2D eigenvalue weighted by Crippen LogP contribution is -2.51. The molecule has 0 radical (unpaired) electrons. The van der Waals surface area contributed by atoms with E-state index in [-0.39, 0.29) is 23.6 Å². The predicted molar refractivity (Wildman–Crippen MR) is 90.8 cm³/mol. The first-order valence-corrected chi connectivity index (χ1v) is 8.37. The molecule has 1 fully saturated rings. The number of amides is 1. The van der Waals surface area contributed by atoms with Gasteiger partial charge in [0.25, 0.3) is 11.5 Å². The second-order valence-electron chi connectivity index (χ2n) is 6.35. The van der Waals surface area contributed by atoms with Crippen LogP contribution in [0.25, 0.3) is 0 Å². The number of pyridine rings is 1. The van der Waals surface area contributed by atoms with Crippen molar-refractivity contribution < 1.29 is 9.21 Å². The summed E-state index contributed by atoms with van der Waals surface area (Å²) in [6, 6.07) is 8.40. The standard InChI is InChI=1S/C18H23N3O3/c1-13(19)15-6-2-5-11-21(15)18(23)16-9-8-14(24-16)12-20-10-4-3-7-17(20)22/h3-4,7-10,13,15H,2,5-6,11-12,19H2,1H3/t13-,15+/m0/s1. The van der Waals surface area contributed by atoms with E-state index < -0.39 is 0 Å². The summed E-state index contributed by atoms with van der Waals surface area (Å²) in [6.45, 7) is 2.95. The van der Waals surface area contributed by atoms with Gasteiger partial charge in [0.05, 0.1) is 6.54 Å². The highest BCUT2D eigenvalue weighted by Gasteiger charge is 2.31. The van der Waals surface area contributed by atoms with Crippen molar-refractivity contribution in [3.8, 4) is 0 Å². The highest BCUT2D eigenvalue weighted by Crippen LogP contribution is 2.22. The molecule has 0 unspecified atom stereocenters. The molecule has 3 rings (SSSR count). The van der Waals surface area contributed by atoms with Gasteiger partial charge in [0, 0.05) is 30.9 Å². The molecule has 2 N–H and O–H groups in total. The third-order valence-electron chi connectivity index (χ3n) is 4.51. The molecule has 2 aromatic rings. The summed E-state index contributed by atoms with van der Waals surface area (Å²) < 4.78 is 7.23. The molecule has 6 heteroatoms. The SMILES string of the molecule is C[C@H](N)[C@H]1CCCCN1C(=O)c1ccc(Cn2ccccc2=O)o1. The Morgan fingerprint density at radius 1 is 1.33 bits per heavy atom. The molecule has 1 aliphatic heterocycles. The zero-order valence-electron chi connectivity index (χ0n) is 13.9. The number of carbonyl (C=O) groups excluding carboxylic acids is 1. The van der Waals surface area contributed by atoms with Crippen LogP contribution in [0, 0.1) is 0 Å². The monoisotopic (exact) mass is 329 g/mol. The van der Waals surface area contributed by atoms with Gasteiger partial charge < -0.3 is 19.6 Å². The zero-order valence-corrected chi connectivity index (χ0v) is 13.9. The van der Waals surface area contributed by atoms with E-state index in [0.717, 1.165) is 19.3 Å². The number of furan rings is 1. The van der Waals surface area contributed by atoms with Crippen molar-refractivity contribution in [2.45, 2.75) is 44.8 Å². The summed E-state index contributed by atoms with van der Waals surface area (Å²) in [6.07, 6.45) is 4.71. The molecule has 2 atom stereocenters. The predicted octanol–water partition coefficient (Wildman–Crippen LogP) is 1.83. The number of nitrogens with two attached hydrogens (primary N) is 1. The molecule has 6 nitrogen and oxygen atoms in total. The topological polar surface area (TPSA) is 81.5 Å². The molecule has 2 aromatic heterocycles. The normalized spacial score (nSPS) is 19.2. The number of hydrogen-bond donors (Lipinski definition) is 1. The Bertz CT molecular complexity index is 763. The van der Waals surface area contributed by atoms with Gasteiger partial charge in [0.15, 0.2) is 5.76 Å². The van der Waals surface area contributed by atoms with Gasteiger partial charge in [0.2, 0.25) is 0 Å². The number of nitrogens with zero attached hydrogens (tertiary/aromatic N) is 2. The van der Waals surface area contributed by atoms with Gasteiger partial charge in [-0.3, -0.25) is 9.59 Å². The zero-order chi connectivity index (χ0) is 17.1. The number of aromatic nitrogens is 1. The average molecular weight is 329 g/mol. The van der Waals surface area contributed by atoms with E-state index in [2.05, 4.69) is 0 Å². The Hall–Kier alpha value is -2.34. The van der Waals surface area contributed by atoms with Crippen molar-refractivity contribution in [1.82, 2.24) is 9.47 Å². The fraction of sp³-hybridized carbons (Fsp3) is 0.444. The van der Waals surface area contributed by atoms with Crippen LogP contribution in [0.2, 0.25) is 0 Å². The van der Waals surface area contributed by atoms with Gasteiger partial charge in [-0.15, -0.1) is 0 Å². The fourth-order valence-corrected chi connectivity index (χ4v) is 3.23. The van der Waals surface area contributed by atoms with Crippen molar-refractivity contribution in [2.75, 3.05) is 6.54 Å². The van der Waals surface area contributed by atoms with Crippen LogP contribution in [-0.2, 0) is 6.54 Å². The first kappa shape index (κ1) is 16.5. The van der Waals surface area contributed by atoms with Crippen LogP contribution in [0.3, 0.4) is 0 Å². The number of hydrogen-bond acceptors (Lipinski definition) is 4. The lowest BCUT2D eigenvalue weighted by atomic mass is 9.96. The molecule has 128 valence electrons. The lowest BCUT2D eigenvalue weighted by Gasteiger charge is -2.37. The Morgan fingerprint density at radius 3 is 2.92 bits per heavy atom. The van der Waals surface area contributed by atoms with Crippen molar-refractivity contribution in [2.24, 2.45) is 5.73 Å². The second kappa shape index (κ2) is 7.05. The van der Waals surface area contributed by atoms with Crippen molar-refractivity contribution in [1.29, 1.82) is 0 Å². The highest BCUT2D eigenvalue weighted by molar-refractivity contribution is 5.91. The fourth-order valence-electron chi connectivity index (χ4n) is 3.23. The van der Waals surface area contributed by atoms with E-state index in [0.29, 0.717) is 24.6 Å². The van der Waals surface area contributed by atoms with Gasteiger partial charge >= 0.3 is 0 Å². The van der Waals surface area contributed by atoms with Crippen LogP contribution in [0.15, 0.2) is 45.7 Å². The van der Waals surface area contributed by atoms with Gasteiger partial charge in [0.1, 0.15) is 5.76 Å². The lowest BCUT2D eigenvalue weighted by molar-refractivity contribution is 0.0549. The summed E-state index contributed by atoms with van der Waals surface area (Å²) in [5.41, 5.74) is 5.93. The van der Waals surface area contributed by atoms with E-state index in [1.54, 1.807) is 35.0 Å². The van der Waals surface area contributed by atoms with Gasteiger partial charge in [-0.05, 0) is 44.4 Å². The second-order valence-corrected chi connectivity index (χ2v) is 6.35. The van der Waals surface area contributed by atoms with Gasteiger partial charge in [-0.25, -0.2) is 0 Å². The maximum absolute atomic E-state index is 12.8. The summed E-state index contributed by atoms with van der Waals surface area (Å²) in [5.74, 6) is 0.770. The molecule has 0 spiro atoms. The Labute approximate surface area is 140 Å². The van der Waals surface area contributed by atoms with Crippen molar-refractivity contribution in [3.63, 3.8) is 0 Å². The number of rotatable bonds is 4. The molecule has 1 amide bonds. The molecular formula is C18H23N3O3. The van der Waals surface area contributed by atoms with Crippen LogP contribution in [0.5, 0.6) is 0 Å². The third-order valence-corrected chi connectivity index (χ3v) is 4.51. The number of piperidine rings is 1. The van der Waals surface area contributed by atoms with Gasteiger partial charge in [-0.1, -0.05) is 6.07 Å². The average Bonchev–Trinajstić information content (AvgIpc) is 3.05. The van der Waals surface area contributed by atoms with Crippen LogP contribution < -0.4 is 11.3 Å². The van der Waals surface area contributed by atoms with Crippen LogP contribution in [-0.4, -0.2) is 34.0 Å². The minimum Gasteiger partial charge on any atom is -0.454 e. The molecule has 0 saturated carbocycles. The van der Waals surface area contributed by atoms with Crippen LogP contribution in [0.4, 0.5) is 0 Å². The summed E-state index contributed by atoms with van der Waals surface area (Å²) in [5, 5.41) is 0. The number of likely N-dealkylation sites (tertiary alicyclic amines) is 1. The molecule has 0 bridgehead atoms. The Balaban J connectivity index is 1.76. The largest absolute Gasteiger partial charge is 0.454 e. The maximum atomic E-state index is 12.8. The van der Waals surface area contributed by atoms with Crippen LogP contribution in [0.1, 0.15) is 42.5 Å². The smallest absolute Gasteiger partial charge is 0.289 e. The van der Waals surface area contributed by atoms with E-state index in [9.17, 15) is 9.59 Å². The van der Waals surface area contributed by atoms with Crippen molar-refractivity contribution in [3.05, 3.63) is 58.4 Å². The maximum Gasteiger partial charge on any atom is 0.289 e. The Morgan fingerprint density at radius 2 is 2.17 bits per heavy atom. The minimum atomic E-state index is -0.122. The highest BCUT2D eigenvalue weighted by atomic mass is 16.4. The molecule has 1 aliphatic rings. The Kier molecular flexibility index (Phi) is 4.85. The number of carbonyl (C=O) groups is 1. The minimum absolute atomic E-state index is 0.0524. The summed E-state index contributed by atoms with van der Waals surface area (Å²) in [4.78, 5) is 26.3. The third kappa shape index (κ3) is 3.43. The molecule has 0 aliphatic carbocycles. The van der Waals surface area contributed by atoms with E-state index in [1.165, 1.54) is 6.07 Å². The van der Waals surface area contributed by atoms with Crippen molar-refractivity contribution >= 4 is 5.91 Å². The molecule has 0 aromatic carbocycles. The van der Waals surface area contributed by atoms with E-state index >= 15 is 0 Å². The summed E-state index contributed by atoms with van der Waals surface area (Å²) >= 11 is 0. The van der Waals surface area contributed by atoms with Crippen LogP contribution >= 0.6 is 0 Å². The first-order chi connectivity index (χ1) is 11.6. The molecular weight excluding hydrogens is 306 g/mol. The van der Waals surface area contributed by atoms with E-state index in [1.807, 2.05) is 11.8 Å². The van der Waals surface area contributed by atoms with E-state index in [4.69, 9.17) is 10.2 Å². The first-order valence-electron chi connectivity index (χ1n) is 8.37. The summed E-state index contributed by atoms with van der Waals surface area (Å²) in [7, 11) is 0. The quantitative estimate of drug-likeness (QED) is 0.928. The molecule has 24 heavy (non-hydrogen) atoms. The molecule has 3 heterocycles.